The van der Waals surface area contributed by atoms with E-state index in [1.807, 2.05) is 19.6 Å². The molecular formula is C21H23ClF2N2O2. The quantitative estimate of drug-likeness (QED) is 0.570. The Kier molecular flexibility index (Phi) is 12.8. The fourth-order valence-electron chi connectivity index (χ4n) is 2.20. The van der Waals surface area contributed by atoms with Crippen LogP contribution < -0.4 is 0 Å². The molecule has 0 amide bonds. The fourth-order valence-corrected chi connectivity index (χ4v) is 2.33. The largest absolute Gasteiger partial charge is 0.307 e. The highest BCUT2D eigenvalue weighted by atomic mass is 35.5. The molecule has 0 saturated carbocycles. The lowest BCUT2D eigenvalue weighted by atomic mass is 10.1. The maximum Gasteiger partial charge on any atom is 0.282 e. The summed E-state index contributed by atoms with van der Waals surface area (Å²) < 4.78 is 26.3. The third-order valence-corrected chi connectivity index (χ3v) is 3.77. The molecule has 150 valence electrons. The Morgan fingerprint density at radius 3 is 1.93 bits per heavy atom. The summed E-state index contributed by atoms with van der Waals surface area (Å²) in [5.74, 6) is 0. The number of benzene rings is 2. The van der Waals surface area contributed by atoms with Gasteiger partial charge >= 0.3 is 0 Å². The van der Waals surface area contributed by atoms with Gasteiger partial charge in [0.05, 0.1) is 5.69 Å². The van der Waals surface area contributed by atoms with Crippen LogP contribution in [0.1, 0.15) is 24.6 Å². The smallest absolute Gasteiger partial charge is 0.282 e. The summed E-state index contributed by atoms with van der Waals surface area (Å²) in [6.45, 7) is 6.16. The molecule has 1 aromatic heterocycles. The number of hydrogen-bond acceptors (Lipinski definition) is 3. The lowest BCUT2D eigenvalue weighted by Gasteiger charge is -2.00. The number of hydrogen-bond donors (Lipinski definition) is 0. The van der Waals surface area contributed by atoms with Crippen molar-refractivity contribution in [1.29, 1.82) is 0 Å². The number of alkyl halides is 2. The summed E-state index contributed by atoms with van der Waals surface area (Å²) in [5.41, 5.74) is 2.65. The van der Waals surface area contributed by atoms with Gasteiger partial charge in [0.2, 0.25) is 0 Å². The molecule has 0 spiro atoms. The maximum absolute atomic E-state index is 12.4. The molecule has 0 unspecified atom stereocenters. The summed E-state index contributed by atoms with van der Waals surface area (Å²) in [5, 5.41) is 4.35. The summed E-state index contributed by atoms with van der Waals surface area (Å²) in [6, 6.07) is 18.8. The van der Waals surface area contributed by atoms with Crippen molar-refractivity contribution in [3.05, 3.63) is 76.9 Å². The molecule has 2 aromatic carbocycles. The molecule has 0 aliphatic rings. The summed E-state index contributed by atoms with van der Waals surface area (Å²) in [4.78, 5) is 16.0. The Hall–Kier alpha value is -2.86. The summed E-state index contributed by atoms with van der Waals surface area (Å²) in [7, 11) is 1.63. The molecule has 0 N–H and O–H groups in total. The van der Waals surface area contributed by atoms with Gasteiger partial charge in [-0.2, -0.15) is 5.10 Å². The predicted octanol–water partition coefficient (Wildman–Crippen LogP) is 5.56. The van der Waals surface area contributed by atoms with Gasteiger partial charge in [-0.25, -0.2) is 8.78 Å². The minimum atomic E-state index is -2.55. The third kappa shape index (κ3) is 8.22. The van der Waals surface area contributed by atoms with Gasteiger partial charge in [-0.1, -0.05) is 61.0 Å². The van der Waals surface area contributed by atoms with Gasteiger partial charge in [0.15, 0.2) is 0 Å². The minimum Gasteiger partial charge on any atom is -0.307 e. The highest BCUT2D eigenvalue weighted by Gasteiger charge is 2.14. The van der Waals surface area contributed by atoms with Crippen LogP contribution in [-0.4, -0.2) is 23.4 Å². The first-order valence-corrected chi connectivity index (χ1v) is 8.58. The van der Waals surface area contributed by atoms with E-state index in [-0.39, 0.29) is 5.69 Å². The van der Waals surface area contributed by atoms with Crippen LogP contribution in [0.2, 0.25) is 5.02 Å². The van der Waals surface area contributed by atoms with Gasteiger partial charge in [-0.05, 0) is 35.7 Å². The molecule has 0 fully saturated rings. The van der Waals surface area contributed by atoms with Gasteiger partial charge in [-0.15, -0.1) is 0 Å². The van der Waals surface area contributed by atoms with E-state index >= 15 is 0 Å². The molecule has 0 aliphatic carbocycles. The zero-order chi connectivity index (χ0) is 21.5. The van der Waals surface area contributed by atoms with Crippen LogP contribution in [0.5, 0.6) is 0 Å². The maximum atomic E-state index is 12.4. The molecule has 0 atom stereocenters. The van der Waals surface area contributed by atoms with Crippen molar-refractivity contribution in [3.8, 4) is 11.3 Å². The molecule has 0 saturated heterocycles. The normalized spacial score (nSPS) is 9.21. The van der Waals surface area contributed by atoms with Crippen LogP contribution in [0.15, 0.2) is 60.7 Å². The molecule has 4 nitrogen and oxygen atoms in total. The van der Waals surface area contributed by atoms with Crippen LogP contribution in [-0.2, 0) is 23.1 Å². The number of rotatable bonds is 3. The summed E-state index contributed by atoms with van der Waals surface area (Å²) >= 11 is 5.75. The first kappa shape index (κ1) is 25.1. The molecule has 3 rings (SSSR count). The Bertz CT molecular complexity index is 792. The average Bonchev–Trinajstić information content (AvgIpc) is 3.15. The van der Waals surface area contributed by atoms with E-state index in [4.69, 9.17) is 21.2 Å². The van der Waals surface area contributed by atoms with Gasteiger partial charge < -0.3 is 9.59 Å². The second-order valence-corrected chi connectivity index (χ2v) is 5.66. The zero-order valence-corrected chi connectivity index (χ0v) is 16.6. The Labute approximate surface area is 168 Å². The number of carbonyl (C=O) groups is 2. The molecule has 3 aromatic rings. The van der Waals surface area contributed by atoms with Crippen molar-refractivity contribution in [2.45, 2.75) is 19.8 Å². The van der Waals surface area contributed by atoms with Crippen molar-refractivity contribution < 1.29 is 18.4 Å². The molecule has 1 heterocycles. The first-order chi connectivity index (χ1) is 13.5. The van der Waals surface area contributed by atoms with Crippen molar-refractivity contribution in [1.82, 2.24) is 9.78 Å². The van der Waals surface area contributed by atoms with Crippen LogP contribution in [0.25, 0.3) is 11.3 Å². The van der Waals surface area contributed by atoms with E-state index < -0.39 is 6.43 Å². The Morgan fingerprint density at radius 1 is 1.00 bits per heavy atom. The molecule has 28 heavy (non-hydrogen) atoms. The molecule has 7 heteroatoms. The van der Waals surface area contributed by atoms with Crippen molar-refractivity contribution >= 4 is 25.2 Å². The third-order valence-electron chi connectivity index (χ3n) is 3.51. The number of aryl methyl sites for hydroxylation is 2. The Morgan fingerprint density at radius 2 is 1.54 bits per heavy atom. The molecule has 0 radical (unpaired) electrons. The number of nitrogens with zero attached hydrogens (tertiary/aromatic N) is 2. The van der Waals surface area contributed by atoms with Gasteiger partial charge in [0.25, 0.3) is 6.43 Å². The SMILES string of the molecule is C=O.C=O.CCc1ccccc1.Cn1nc(C(F)F)cc1-c1ccc(Cl)cc1. The van der Waals surface area contributed by atoms with Crippen molar-refractivity contribution in [2.75, 3.05) is 0 Å². The van der Waals surface area contributed by atoms with Crippen LogP contribution in [0.4, 0.5) is 8.78 Å². The molecule has 0 aliphatic heterocycles. The second-order valence-electron chi connectivity index (χ2n) is 5.22. The number of halogens is 3. The van der Waals surface area contributed by atoms with E-state index in [9.17, 15) is 8.78 Å². The van der Waals surface area contributed by atoms with E-state index in [2.05, 4.69) is 36.3 Å². The monoisotopic (exact) mass is 408 g/mol. The zero-order valence-electron chi connectivity index (χ0n) is 15.8. The highest BCUT2D eigenvalue weighted by molar-refractivity contribution is 6.30. The van der Waals surface area contributed by atoms with E-state index in [1.165, 1.54) is 16.3 Å². The lowest BCUT2D eigenvalue weighted by Crippen LogP contribution is -1.94. The first-order valence-electron chi connectivity index (χ1n) is 8.21. The average molecular weight is 409 g/mol. The van der Waals surface area contributed by atoms with Gasteiger partial charge in [-0.3, -0.25) is 4.68 Å². The standard InChI is InChI=1S/C11H9ClF2N2.C8H10.2CH2O/c1-16-10(6-9(15-16)11(13)14)7-2-4-8(12)5-3-7;1-2-8-6-4-3-5-7-8;2*1-2/h2-6,11H,1H3;3-7H,2H2,1H3;2*1H2. The van der Waals surface area contributed by atoms with Crippen LogP contribution in [0, 0.1) is 0 Å². The van der Waals surface area contributed by atoms with E-state index in [1.54, 1.807) is 31.3 Å². The van der Waals surface area contributed by atoms with Crippen LogP contribution in [0.3, 0.4) is 0 Å². The van der Waals surface area contributed by atoms with Crippen LogP contribution >= 0.6 is 11.6 Å². The van der Waals surface area contributed by atoms with E-state index in [0.717, 1.165) is 12.0 Å². The fraction of sp³-hybridized carbons (Fsp3) is 0.190. The molecular weight excluding hydrogens is 386 g/mol. The summed E-state index contributed by atoms with van der Waals surface area (Å²) in [6.07, 6.45) is -1.41. The molecule has 0 bridgehead atoms. The van der Waals surface area contributed by atoms with Crippen molar-refractivity contribution in [3.63, 3.8) is 0 Å². The number of carbonyl (C=O) groups excluding carboxylic acids is 2. The number of aromatic nitrogens is 2. The second kappa shape index (κ2) is 14.2. The Balaban J connectivity index is 0.000000511. The van der Waals surface area contributed by atoms with Crippen molar-refractivity contribution in [2.24, 2.45) is 7.05 Å². The predicted molar refractivity (Wildman–Crippen MR) is 109 cm³/mol. The van der Waals surface area contributed by atoms with E-state index in [0.29, 0.717) is 10.7 Å². The topological polar surface area (TPSA) is 52.0 Å². The minimum absolute atomic E-state index is 0.215. The highest BCUT2D eigenvalue weighted by Crippen LogP contribution is 2.25. The lowest BCUT2D eigenvalue weighted by molar-refractivity contribution is -0.0987. The van der Waals surface area contributed by atoms with Gasteiger partial charge in [0, 0.05) is 12.1 Å². The van der Waals surface area contributed by atoms with Gasteiger partial charge in [0.1, 0.15) is 19.3 Å².